The molecular formula is C24H31N3O3. The summed E-state index contributed by atoms with van der Waals surface area (Å²) in [6.45, 7) is 3.68. The van der Waals surface area contributed by atoms with Crippen LogP contribution in [0.2, 0.25) is 0 Å². The number of benzene rings is 1. The van der Waals surface area contributed by atoms with E-state index in [-0.39, 0.29) is 30.2 Å². The van der Waals surface area contributed by atoms with Crippen LogP contribution in [0.5, 0.6) is 0 Å². The van der Waals surface area contributed by atoms with E-state index in [1.807, 2.05) is 0 Å². The molecule has 6 nitrogen and oxygen atoms in total. The second kappa shape index (κ2) is 7.19. The van der Waals surface area contributed by atoms with Crippen LogP contribution in [-0.2, 0) is 14.4 Å². The molecule has 0 aromatic heterocycles. The van der Waals surface area contributed by atoms with Crippen molar-refractivity contribution in [2.45, 2.75) is 70.9 Å². The van der Waals surface area contributed by atoms with E-state index in [2.05, 4.69) is 17.6 Å². The van der Waals surface area contributed by atoms with Crippen molar-refractivity contribution in [1.29, 1.82) is 0 Å². The van der Waals surface area contributed by atoms with E-state index in [0.29, 0.717) is 16.8 Å². The number of hydrogen-bond donors (Lipinski definition) is 2. The van der Waals surface area contributed by atoms with Gasteiger partial charge in [0.05, 0.1) is 18.2 Å². The highest BCUT2D eigenvalue weighted by atomic mass is 16.2. The summed E-state index contributed by atoms with van der Waals surface area (Å²) in [5.41, 5.74) is 1.51. The summed E-state index contributed by atoms with van der Waals surface area (Å²) in [7, 11) is 0. The lowest BCUT2D eigenvalue weighted by Gasteiger charge is -2.59. The van der Waals surface area contributed by atoms with Gasteiger partial charge in [-0.1, -0.05) is 0 Å². The van der Waals surface area contributed by atoms with Gasteiger partial charge in [0.1, 0.15) is 0 Å². The molecular weight excluding hydrogens is 378 g/mol. The minimum Gasteiger partial charge on any atom is -0.326 e. The summed E-state index contributed by atoms with van der Waals surface area (Å²) < 4.78 is 0. The summed E-state index contributed by atoms with van der Waals surface area (Å²) in [4.78, 5) is 38.3. The van der Waals surface area contributed by atoms with Crippen LogP contribution in [0.15, 0.2) is 24.3 Å². The summed E-state index contributed by atoms with van der Waals surface area (Å²) >= 11 is 0. The molecule has 1 aromatic carbocycles. The largest absolute Gasteiger partial charge is 0.326 e. The third-order valence-corrected chi connectivity index (χ3v) is 8.05. The first kappa shape index (κ1) is 19.7. The Labute approximate surface area is 177 Å². The van der Waals surface area contributed by atoms with E-state index in [1.165, 1.54) is 50.3 Å². The molecule has 1 heterocycles. The summed E-state index contributed by atoms with van der Waals surface area (Å²) in [5.74, 6) is 2.10. The van der Waals surface area contributed by atoms with Crippen LogP contribution >= 0.6 is 0 Å². The molecule has 1 aliphatic heterocycles. The first-order valence-electron chi connectivity index (χ1n) is 11.3. The molecule has 5 aliphatic rings. The molecule has 160 valence electrons. The Balaban J connectivity index is 1.28. The Morgan fingerprint density at radius 3 is 2.13 bits per heavy atom. The van der Waals surface area contributed by atoms with Crippen LogP contribution < -0.4 is 15.5 Å². The summed E-state index contributed by atoms with van der Waals surface area (Å²) in [6.07, 6.45) is 8.23. The van der Waals surface area contributed by atoms with Crippen molar-refractivity contribution in [2.75, 3.05) is 10.2 Å². The average Bonchev–Trinajstić information content (AvgIpc) is 2.94. The molecule has 0 spiro atoms. The lowest BCUT2D eigenvalue weighted by atomic mass is 9.48. The molecule has 4 aliphatic carbocycles. The smallest absolute Gasteiger partial charge is 0.251 e. The molecule has 3 amide bonds. The average molecular weight is 410 g/mol. The number of carbonyl (C=O) groups is 3. The van der Waals surface area contributed by atoms with Crippen molar-refractivity contribution in [1.82, 2.24) is 5.32 Å². The minimum atomic E-state index is -0.449. The van der Waals surface area contributed by atoms with Crippen LogP contribution in [0.1, 0.15) is 58.8 Å². The first-order chi connectivity index (χ1) is 14.3. The Hall–Kier alpha value is -2.21. The maximum absolute atomic E-state index is 13.1. The second-order valence-electron chi connectivity index (χ2n) is 10.2. The maximum atomic E-state index is 13.1. The van der Waals surface area contributed by atoms with E-state index in [0.717, 1.165) is 17.8 Å². The molecule has 4 bridgehead atoms. The molecule has 1 aromatic rings. The molecule has 6 rings (SSSR count). The number of nitrogens with one attached hydrogen (secondary N) is 2. The number of carbonyl (C=O) groups excluding carboxylic acids is 3. The molecule has 6 heteroatoms. The normalized spacial score (nSPS) is 35.7. The van der Waals surface area contributed by atoms with Gasteiger partial charge in [0.2, 0.25) is 11.8 Å². The van der Waals surface area contributed by atoms with Crippen LogP contribution in [0.25, 0.3) is 0 Å². The van der Waals surface area contributed by atoms with Crippen molar-refractivity contribution >= 4 is 29.1 Å². The van der Waals surface area contributed by atoms with Crippen molar-refractivity contribution in [3.8, 4) is 0 Å². The Bertz CT molecular complexity index is 843. The van der Waals surface area contributed by atoms with Crippen LogP contribution in [0.4, 0.5) is 11.4 Å². The van der Waals surface area contributed by atoms with Gasteiger partial charge >= 0.3 is 0 Å². The fourth-order valence-corrected chi connectivity index (χ4v) is 7.12. The van der Waals surface area contributed by atoms with Crippen molar-refractivity contribution in [3.63, 3.8) is 0 Å². The fraction of sp³-hybridized carbons (Fsp3) is 0.625. The number of hydrogen-bond acceptors (Lipinski definition) is 4. The van der Waals surface area contributed by atoms with E-state index in [4.69, 9.17) is 0 Å². The van der Waals surface area contributed by atoms with Gasteiger partial charge in [-0.05, 0) is 92.9 Å². The summed E-state index contributed by atoms with van der Waals surface area (Å²) in [6, 6.07) is 6.66. The number of anilines is 2. The van der Waals surface area contributed by atoms with Gasteiger partial charge < -0.3 is 10.6 Å². The first-order valence-corrected chi connectivity index (χ1v) is 11.3. The highest BCUT2D eigenvalue weighted by Crippen LogP contribution is 2.61. The van der Waals surface area contributed by atoms with E-state index in [1.54, 1.807) is 24.3 Å². The van der Waals surface area contributed by atoms with Gasteiger partial charge in [-0.2, -0.15) is 0 Å². The SMILES string of the molecule is CC(=O)Nc1ccc(N2C(=O)CC(NC(C)C34CC5CC(CC(C5)C3)C4)C2=O)cc1. The fourth-order valence-electron chi connectivity index (χ4n) is 7.12. The highest BCUT2D eigenvalue weighted by Gasteiger charge is 2.54. The number of amides is 3. The monoisotopic (exact) mass is 409 g/mol. The zero-order valence-electron chi connectivity index (χ0n) is 17.8. The van der Waals surface area contributed by atoms with Crippen molar-refractivity contribution in [2.24, 2.45) is 23.2 Å². The van der Waals surface area contributed by atoms with E-state index >= 15 is 0 Å². The van der Waals surface area contributed by atoms with Crippen LogP contribution in [0, 0.1) is 23.2 Å². The second-order valence-corrected chi connectivity index (χ2v) is 10.2. The molecule has 0 radical (unpaired) electrons. The third-order valence-electron chi connectivity index (χ3n) is 8.05. The predicted molar refractivity (Wildman–Crippen MR) is 115 cm³/mol. The molecule has 4 saturated carbocycles. The molecule has 2 atom stereocenters. The lowest BCUT2D eigenvalue weighted by molar-refractivity contribution is -0.122. The zero-order valence-corrected chi connectivity index (χ0v) is 17.8. The van der Waals surface area contributed by atoms with Crippen molar-refractivity contribution < 1.29 is 14.4 Å². The zero-order chi connectivity index (χ0) is 21.0. The van der Waals surface area contributed by atoms with E-state index in [9.17, 15) is 14.4 Å². The molecule has 30 heavy (non-hydrogen) atoms. The van der Waals surface area contributed by atoms with Gasteiger partial charge in [-0.25, -0.2) is 4.90 Å². The standard InChI is InChI=1S/C24H31N3O3/c1-14(24-11-16-7-17(12-24)9-18(8-16)13-24)25-21-10-22(29)27(23(21)30)20-5-3-19(4-6-20)26-15(2)28/h3-6,14,16-18,21,25H,7-13H2,1-2H3,(H,26,28). The van der Waals surface area contributed by atoms with Crippen LogP contribution in [0.3, 0.4) is 0 Å². The number of nitrogens with zero attached hydrogens (tertiary/aromatic N) is 1. The Morgan fingerprint density at radius 2 is 1.60 bits per heavy atom. The quantitative estimate of drug-likeness (QED) is 0.730. The van der Waals surface area contributed by atoms with Gasteiger partial charge in [-0.3, -0.25) is 14.4 Å². The molecule has 2 N–H and O–H groups in total. The maximum Gasteiger partial charge on any atom is 0.251 e. The Kier molecular flexibility index (Phi) is 4.73. The number of imide groups is 1. The molecule has 1 saturated heterocycles. The van der Waals surface area contributed by atoms with Gasteiger partial charge in [0.15, 0.2) is 0 Å². The van der Waals surface area contributed by atoms with Gasteiger partial charge in [-0.15, -0.1) is 0 Å². The lowest BCUT2D eigenvalue weighted by Crippen LogP contribution is -2.57. The number of rotatable bonds is 5. The molecule has 5 fully saturated rings. The predicted octanol–water partition coefficient (Wildman–Crippen LogP) is 3.47. The van der Waals surface area contributed by atoms with Gasteiger partial charge in [0.25, 0.3) is 5.91 Å². The van der Waals surface area contributed by atoms with Gasteiger partial charge in [0, 0.05) is 18.7 Å². The third kappa shape index (κ3) is 3.35. The Morgan fingerprint density at radius 1 is 1.03 bits per heavy atom. The minimum absolute atomic E-state index is 0.154. The van der Waals surface area contributed by atoms with Crippen LogP contribution in [-0.4, -0.2) is 29.8 Å². The topological polar surface area (TPSA) is 78.5 Å². The van der Waals surface area contributed by atoms with E-state index < -0.39 is 6.04 Å². The molecule has 2 unspecified atom stereocenters. The summed E-state index contributed by atoms with van der Waals surface area (Å²) in [5, 5.41) is 6.29. The van der Waals surface area contributed by atoms with Crippen molar-refractivity contribution in [3.05, 3.63) is 24.3 Å². The highest BCUT2D eigenvalue weighted by molar-refractivity contribution is 6.22.